The standard InChI is InChI=1S/C11H11Br2N3O2S/c1-7(8-5-14-15-6-8)16-19(17,18)11-3-2-9(12)4-10(11)13/h2-7,16H,1H3,(H,14,15). The molecule has 5 nitrogen and oxygen atoms in total. The largest absolute Gasteiger partial charge is 0.285 e. The topological polar surface area (TPSA) is 74.8 Å². The number of rotatable bonds is 4. The SMILES string of the molecule is CC(NS(=O)(=O)c1ccc(Br)cc1Br)c1cn[nH]c1. The molecule has 2 aromatic rings. The second-order valence-corrected chi connectivity index (χ2v) is 7.40. The van der Waals surface area contributed by atoms with Crippen LogP contribution in [0.25, 0.3) is 0 Å². The molecule has 0 amide bonds. The van der Waals surface area contributed by atoms with Gasteiger partial charge in [-0.1, -0.05) is 15.9 Å². The normalized spacial score (nSPS) is 13.4. The summed E-state index contributed by atoms with van der Waals surface area (Å²) in [6.45, 7) is 1.76. The minimum Gasteiger partial charge on any atom is -0.285 e. The molecule has 0 saturated heterocycles. The molecule has 1 unspecified atom stereocenters. The minimum absolute atomic E-state index is 0.200. The molecule has 102 valence electrons. The maximum Gasteiger partial charge on any atom is 0.242 e. The van der Waals surface area contributed by atoms with Gasteiger partial charge in [0.25, 0.3) is 0 Å². The zero-order valence-electron chi connectivity index (χ0n) is 9.89. The van der Waals surface area contributed by atoms with Gasteiger partial charge in [-0.3, -0.25) is 5.10 Å². The fraction of sp³-hybridized carbons (Fsp3) is 0.182. The van der Waals surface area contributed by atoms with Gasteiger partial charge in [-0.05, 0) is 41.1 Å². The number of aromatic amines is 1. The number of halogens is 2. The molecule has 8 heteroatoms. The maximum absolute atomic E-state index is 12.3. The first-order chi connectivity index (χ1) is 8.90. The Bertz CT molecular complexity index is 671. The predicted octanol–water partition coefficient (Wildman–Crippen LogP) is 2.97. The summed E-state index contributed by atoms with van der Waals surface area (Å²) in [4.78, 5) is 0.200. The third kappa shape index (κ3) is 3.44. The number of H-pyrrole nitrogens is 1. The van der Waals surface area contributed by atoms with E-state index < -0.39 is 10.0 Å². The highest BCUT2D eigenvalue weighted by atomic mass is 79.9. The van der Waals surface area contributed by atoms with Crippen molar-refractivity contribution in [2.75, 3.05) is 0 Å². The number of sulfonamides is 1. The van der Waals surface area contributed by atoms with E-state index in [9.17, 15) is 8.42 Å². The summed E-state index contributed by atoms with van der Waals surface area (Å²) in [5.74, 6) is 0. The summed E-state index contributed by atoms with van der Waals surface area (Å²) in [6, 6.07) is 4.55. The Morgan fingerprint density at radius 3 is 2.68 bits per heavy atom. The van der Waals surface area contributed by atoms with E-state index in [0.29, 0.717) is 4.47 Å². The van der Waals surface area contributed by atoms with Crippen LogP contribution in [0.4, 0.5) is 0 Å². The summed E-state index contributed by atoms with van der Waals surface area (Å²) >= 11 is 6.54. The van der Waals surface area contributed by atoms with E-state index in [2.05, 4.69) is 46.8 Å². The quantitative estimate of drug-likeness (QED) is 0.816. The van der Waals surface area contributed by atoms with Crippen LogP contribution in [0.15, 0.2) is 44.4 Å². The number of benzene rings is 1. The van der Waals surface area contributed by atoms with Crippen molar-refractivity contribution in [3.05, 3.63) is 45.1 Å². The Balaban J connectivity index is 2.28. The van der Waals surface area contributed by atoms with Gasteiger partial charge in [-0.15, -0.1) is 0 Å². The van der Waals surface area contributed by atoms with Crippen molar-refractivity contribution in [3.63, 3.8) is 0 Å². The molecule has 1 heterocycles. The molecule has 0 aliphatic heterocycles. The summed E-state index contributed by atoms with van der Waals surface area (Å²) in [6.07, 6.45) is 3.24. The molecule has 0 radical (unpaired) electrons. The molecular formula is C11H11Br2N3O2S. The lowest BCUT2D eigenvalue weighted by Crippen LogP contribution is -2.27. The van der Waals surface area contributed by atoms with Gasteiger partial charge in [0.2, 0.25) is 10.0 Å². The van der Waals surface area contributed by atoms with Crippen LogP contribution in [0.1, 0.15) is 18.5 Å². The van der Waals surface area contributed by atoms with Crippen LogP contribution < -0.4 is 4.72 Å². The molecule has 1 aromatic carbocycles. The van der Waals surface area contributed by atoms with E-state index in [0.717, 1.165) is 10.0 Å². The summed E-state index contributed by atoms with van der Waals surface area (Å²) in [5.41, 5.74) is 0.775. The molecule has 0 aliphatic rings. The van der Waals surface area contributed by atoms with Crippen LogP contribution in [0, 0.1) is 0 Å². The lowest BCUT2D eigenvalue weighted by molar-refractivity contribution is 0.566. The van der Waals surface area contributed by atoms with E-state index >= 15 is 0 Å². The van der Waals surface area contributed by atoms with Crippen molar-refractivity contribution in [3.8, 4) is 0 Å². The summed E-state index contributed by atoms with van der Waals surface area (Å²) < 4.78 is 28.5. The van der Waals surface area contributed by atoms with Gasteiger partial charge in [0.15, 0.2) is 0 Å². The number of aromatic nitrogens is 2. The molecule has 0 fully saturated rings. The zero-order valence-corrected chi connectivity index (χ0v) is 13.9. The van der Waals surface area contributed by atoms with Crippen molar-refractivity contribution in [1.29, 1.82) is 0 Å². The first kappa shape index (κ1) is 14.7. The van der Waals surface area contributed by atoms with Crippen molar-refractivity contribution >= 4 is 41.9 Å². The lowest BCUT2D eigenvalue weighted by Gasteiger charge is -2.13. The monoisotopic (exact) mass is 407 g/mol. The van der Waals surface area contributed by atoms with Crippen LogP contribution in [0.3, 0.4) is 0 Å². The average Bonchev–Trinajstić information content (AvgIpc) is 2.80. The molecule has 0 spiro atoms. The molecule has 0 aliphatic carbocycles. The molecule has 0 bridgehead atoms. The highest BCUT2D eigenvalue weighted by Crippen LogP contribution is 2.26. The van der Waals surface area contributed by atoms with E-state index in [1.807, 2.05) is 0 Å². The fourth-order valence-electron chi connectivity index (χ4n) is 1.56. The third-order valence-electron chi connectivity index (χ3n) is 2.53. The second-order valence-electron chi connectivity index (χ2n) is 3.95. The highest BCUT2D eigenvalue weighted by molar-refractivity contribution is 9.11. The summed E-state index contributed by atoms with van der Waals surface area (Å²) in [7, 11) is -3.59. The van der Waals surface area contributed by atoms with Gasteiger partial charge in [0.05, 0.1) is 11.1 Å². The van der Waals surface area contributed by atoms with Crippen LogP contribution >= 0.6 is 31.9 Å². The van der Waals surface area contributed by atoms with E-state index in [1.54, 1.807) is 37.5 Å². The maximum atomic E-state index is 12.3. The number of nitrogens with zero attached hydrogens (tertiary/aromatic N) is 1. The molecular weight excluding hydrogens is 398 g/mol. The molecule has 2 N–H and O–H groups in total. The van der Waals surface area contributed by atoms with Crippen LogP contribution in [0.5, 0.6) is 0 Å². The number of hydrogen-bond acceptors (Lipinski definition) is 3. The van der Waals surface area contributed by atoms with Crippen molar-refractivity contribution in [2.24, 2.45) is 0 Å². The van der Waals surface area contributed by atoms with Crippen molar-refractivity contribution < 1.29 is 8.42 Å². The predicted molar refractivity (Wildman–Crippen MR) is 79.2 cm³/mol. The first-order valence-corrected chi connectivity index (χ1v) is 8.43. The minimum atomic E-state index is -3.59. The van der Waals surface area contributed by atoms with Gasteiger partial charge in [-0.25, -0.2) is 13.1 Å². The third-order valence-corrected chi connectivity index (χ3v) is 5.55. The molecule has 1 atom stereocenters. The van der Waals surface area contributed by atoms with E-state index in [4.69, 9.17) is 0 Å². The Morgan fingerprint density at radius 1 is 1.37 bits per heavy atom. The van der Waals surface area contributed by atoms with Gasteiger partial charge in [0, 0.05) is 26.7 Å². The van der Waals surface area contributed by atoms with Crippen LogP contribution in [-0.2, 0) is 10.0 Å². The smallest absolute Gasteiger partial charge is 0.242 e. The Hall–Kier alpha value is -0.700. The molecule has 2 rings (SSSR count). The van der Waals surface area contributed by atoms with Crippen molar-refractivity contribution in [1.82, 2.24) is 14.9 Å². The van der Waals surface area contributed by atoms with E-state index in [1.165, 1.54) is 0 Å². The Labute approximate surface area is 128 Å². The molecule has 19 heavy (non-hydrogen) atoms. The van der Waals surface area contributed by atoms with Crippen molar-refractivity contribution in [2.45, 2.75) is 17.9 Å². The van der Waals surface area contributed by atoms with Gasteiger partial charge in [0.1, 0.15) is 0 Å². The Kier molecular flexibility index (Phi) is 4.44. The summed E-state index contributed by atoms with van der Waals surface area (Å²) in [5, 5.41) is 6.45. The van der Waals surface area contributed by atoms with E-state index in [-0.39, 0.29) is 10.9 Å². The first-order valence-electron chi connectivity index (χ1n) is 5.36. The Morgan fingerprint density at radius 2 is 2.11 bits per heavy atom. The van der Waals surface area contributed by atoms with Crippen LogP contribution in [0.2, 0.25) is 0 Å². The molecule has 0 saturated carbocycles. The average molecular weight is 409 g/mol. The lowest BCUT2D eigenvalue weighted by atomic mass is 10.2. The number of nitrogens with one attached hydrogen (secondary N) is 2. The second kappa shape index (κ2) is 5.74. The number of hydrogen-bond donors (Lipinski definition) is 2. The molecule has 1 aromatic heterocycles. The zero-order chi connectivity index (χ0) is 14.0. The van der Waals surface area contributed by atoms with Gasteiger partial charge in [-0.2, -0.15) is 5.10 Å². The highest BCUT2D eigenvalue weighted by Gasteiger charge is 2.21. The van der Waals surface area contributed by atoms with Crippen LogP contribution in [-0.4, -0.2) is 18.6 Å². The fourth-order valence-corrected chi connectivity index (χ4v) is 4.53. The van der Waals surface area contributed by atoms with Gasteiger partial charge < -0.3 is 0 Å². The van der Waals surface area contributed by atoms with Gasteiger partial charge >= 0.3 is 0 Å².